The molecule has 0 spiro atoms. The van der Waals surface area contributed by atoms with E-state index in [2.05, 4.69) is 71.3 Å². The van der Waals surface area contributed by atoms with E-state index in [4.69, 9.17) is 14.2 Å². The van der Waals surface area contributed by atoms with Crippen LogP contribution in [0.1, 0.15) is 23.2 Å². The maximum atomic E-state index is 5.69. The molecule has 2 atom stereocenters. The smallest absolute Gasteiger partial charge is 0.0701 e. The summed E-state index contributed by atoms with van der Waals surface area (Å²) in [6.45, 7) is 5.31. The fraction of sp³-hybridized carbons (Fsp3) is 0.455. The lowest BCUT2D eigenvalue weighted by Crippen LogP contribution is -2.38. The van der Waals surface area contributed by atoms with Crippen molar-refractivity contribution in [2.45, 2.75) is 12.1 Å². The van der Waals surface area contributed by atoms with Crippen LogP contribution in [-0.4, -0.2) is 52.7 Å². The topological polar surface area (TPSA) is 51.8 Å². The van der Waals surface area contributed by atoms with Crippen LogP contribution < -0.4 is 10.6 Å². The van der Waals surface area contributed by atoms with Gasteiger partial charge in [-0.15, -0.1) is 0 Å². The van der Waals surface area contributed by atoms with E-state index < -0.39 is 0 Å². The third-order valence-electron chi connectivity index (χ3n) is 4.62. The van der Waals surface area contributed by atoms with Crippen LogP contribution in [-0.2, 0) is 14.2 Å². The molecule has 146 valence electrons. The molecule has 5 nitrogen and oxygen atoms in total. The van der Waals surface area contributed by atoms with Gasteiger partial charge in [0.2, 0.25) is 0 Å². The molecule has 0 radical (unpaired) electrons. The summed E-state index contributed by atoms with van der Waals surface area (Å²) in [6.07, 6.45) is 0. The largest absolute Gasteiger partial charge is 0.378 e. The minimum atomic E-state index is 0.138. The second-order valence-electron chi connectivity index (χ2n) is 6.52. The Morgan fingerprint density at radius 3 is 1.30 bits per heavy atom. The number of benzene rings is 2. The molecule has 2 aromatic rings. The van der Waals surface area contributed by atoms with Crippen molar-refractivity contribution in [3.05, 3.63) is 71.8 Å². The zero-order chi connectivity index (χ0) is 18.6. The molecule has 3 rings (SSSR count). The molecule has 0 unspecified atom stereocenters. The Bertz CT molecular complexity index is 568. The summed E-state index contributed by atoms with van der Waals surface area (Å²) in [4.78, 5) is 0. The maximum absolute atomic E-state index is 5.69. The van der Waals surface area contributed by atoms with Gasteiger partial charge in [0.15, 0.2) is 0 Å². The van der Waals surface area contributed by atoms with Crippen molar-refractivity contribution >= 4 is 0 Å². The Kier molecular flexibility index (Phi) is 8.77. The number of hydrogen-bond donors (Lipinski definition) is 2. The van der Waals surface area contributed by atoms with Crippen molar-refractivity contribution in [3.8, 4) is 0 Å². The first-order chi connectivity index (χ1) is 13.4. The lowest BCUT2D eigenvalue weighted by molar-refractivity contribution is 0.0163. The van der Waals surface area contributed by atoms with E-state index in [0.29, 0.717) is 39.6 Å². The maximum Gasteiger partial charge on any atom is 0.0701 e. The summed E-state index contributed by atoms with van der Waals surface area (Å²) < 4.78 is 16.9. The van der Waals surface area contributed by atoms with Gasteiger partial charge in [0.05, 0.1) is 51.7 Å². The quantitative estimate of drug-likeness (QED) is 0.851. The Balaban J connectivity index is 1.79. The Hall–Kier alpha value is -1.76. The predicted octanol–water partition coefficient (Wildman–Crippen LogP) is 2.71. The highest BCUT2D eigenvalue weighted by atomic mass is 16.5. The first-order valence-corrected chi connectivity index (χ1v) is 9.75. The molecule has 1 aliphatic heterocycles. The molecule has 1 fully saturated rings. The molecule has 2 aromatic carbocycles. The van der Waals surface area contributed by atoms with Gasteiger partial charge in [-0.05, 0) is 11.1 Å². The summed E-state index contributed by atoms with van der Waals surface area (Å²) in [6, 6.07) is 21.4. The SMILES string of the molecule is c1ccc([C@H]2NCCOCCOCCOCCN[C@@H]2c2ccccc2)cc1. The molecule has 1 aliphatic rings. The van der Waals surface area contributed by atoms with Crippen molar-refractivity contribution < 1.29 is 14.2 Å². The highest BCUT2D eigenvalue weighted by Gasteiger charge is 2.24. The fourth-order valence-electron chi connectivity index (χ4n) is 3.29. The Morgan fingerprint density at radius 1 is 0.519 bits per heavy atom. The second-order valence-corrected chi connectivity index (χ2v) is 6.52. The Labute approximate surface area is 162 Å². The number of rotatable bonds is 2. The highest BCUT2D eigenvalue weighted by molar-refractivity contribution is 5.27. The number of nitrogens with one attached hydrogen (secondary N) is 2. The van der Waals surface area contributed by atoms with Gasteiger partial charge in [-0.3, -0.25) is 0 Å². The zero-order valence-electron chi connectivity index (χ0n) is 15.8. The average Bonchev–Trinajstić information content (AvgIpc) is 2.74. The molecule has 0 saturated carbocycles. The fourth-order valence-corrected chi connectivity index (χ4v) is 3.29. The molecule has 1 saturated heterocycles. The molecular weight excluding hydrogens is 340 g/mol. The third kappa shape index (κ3) is 6.72. The van der Waals surface area contributed by atoms with Crippen molar-refractivity contribution in [1.29, 1.82) is 0 Å². The third-order valence-corrected chi connectivity index (χ3v) is 4.62. The molecule has 2 N–H and O–H groups in total. The molecule has 0 aromatic heterocycles. The van der Waals surface area contributed by atoms with Crippen molar-refractivity contribution in [2.24, 2.45) is 0 Å². The van der Waals surface area contributed by atoms with E-state index in [1.807, 2.05) is 0 Å². The van der Waals surface area contributed by atoms with Crippen LogP contribution in [0.4, 0.5) is 0 Å². The first-order valence-electron chi connectivity index (χ1n) is 9.75. The Morgan fingerprint density at radius 2 is 0.889 bits per heavy atom. The van der Waals surface area contributed by atoms with Crippen LogP contribution in [0.5, 0.6) is 0 Å². The van der Waals surface area contributed by atoms with Crippen LogP contribution in [0.15, 0.2) is 60.7 Å². The zero-order valence-corrected chi connectivity index (χ0v) is 15.8. The second kappa shape index (κ2) is 11.8. The van der Waals surface area contributed by atoms with E-state index in [1.165, 1.54) is 11.1 Å². The summed E-state index contributed by atoms with van der Waals surface area (Å²) in [5.74, 6) is 0. The van der Waals surface area contributed by atoms with Crippen molar-refractivity contribution in [2.75, 3.05) is 52.7 Å². The van der Waals surface area contributed by atoms with Crippen LogP contribution in [0.3, 0.4) is 0 Å². The molecule has 0 amide bonds. The van der Waals surface area contributed by atoms with E-state index >= 15 is 0 Å². The van der Waals surface area contributed by atoms with Crippen molar-refractivity contribution in [1.82, 2.24) is 10.6 Å². The highest BCUT2D eigenvalue weighted by Crippen LogP contribution is 2.28. The molecule has 0 aliphatic carbocycles. The molecule has 1 heterocycles. The molecule has 5 heteroatoms. The van der Waals surface area contributed by atoms with Gasteiger partial charge in [0.25, 0.3) is 0 Å². The summed E-state index contributed by atoms with van der Waals surface area (Å²) in [5.41, 5.74) is 2.51. The van der Waals surface area contributed by atoms with E-state index in [0.717, 1.165) is 13.1 Å². The first kappa shape index (κ1) is 20.0. The van der Waals surface area contributed by atoms with Gasteiger partial charge in [-0.2, -0.15) is 0 Å². The minimum Gasteiger partial charge on any atom is -0.378 e. The van der Waals surface area contributed by atoms with Crippen LogP contribution in [0.2, 0.25) is 0 Å². The van der Waals surface area contributed by atoms with Gasteiger partial charge in [0, 0.05) is 13.1 Å². The van der Waals surface area contributed by atoms with E-state index in [1.54, 1.807) is 0 Å². The molecule has 0 bridgehead atoms. The minimum absolute atomic E-state index is 0.138. The summed E-state index contributed by atoms with van der Waals surface area (Å²) >= 11 is 0. The van der Waals surface area contributed by atoms with Crippen LogP contribution in [0, 0.1) is 0 Å². The molecular formula is C22H30N2O3. The summed E-state index contributed by atoms with van der Waals surface area (Å²) in [5, 5.41) is 7.37. The predicted molar refractivity (Wildman–Crippen MR) is 107 cm³/mol. The van der Waals surface area contributed by atoms with Crippen molar-refractivity contribution in [3.63, 3.8) is 0 Å². The van der Waals surface area contributed by atoms with Crippen LogP contribution >= 0.6 is 0 Å². The van der Waals surface area contributed by atoms with Gasteiger partial charge >= 0.3 is 0 Å². The van der Waals surface area contributed by atoms with Gasteiger partial charge < -0.3 is 24.8 Å². The lowest BCUT2D eigenvalue weighted by Gasteiger charge is -2.30. The van der Waals surface area contributed by atoms with E-state index in [-0.39, 0.29) is 12.1 Å². The lowest BCUT2D eigenvalue weighted by atomic mass is 9.93. The van der Waals surface area contributed by atoms with Gasteiger partial charge in [-0.1, -0.05) is 60.7 Å². The number of ether oxygens (including phenoxy) is 3. The number of hydrogen-bond acceptors (Lipinski definition) is 5. The molecule has 27 heavy (non-hydrogen) atoms. The standard InChI is InChI=1S/C22H30N2O3/c1-3-7-19(8-4-1)21-22(20-9-5-2-6-10-20)24-12-14-26-16-18-27-17-15-25-13-11-23-21/h1-10,21-24H,11-18H2/t21-,22-/m1/s1. The average molecular weight is 370 g/mol. The van der Waals surface area contributed by atoms with Gasteiger partial charge in [0.1, 0.15) is 0 Å². The monoisotopic (exact) mass is 370 g/mol. The van der Waals surface area contributed by atoms with E-state index in [9.17, 15) is 0 Å². The normalized spacial score (nSPS) is 23.9. The summed E-state index contributed by atoms with van der Waals surface area (Å²) in [7, 11) is 0. The van der Waals surface area contributed by atoms with Crippen LogP contribution in [0.25, 0.3) is 0 Å². The van der Waals surface area contributed by atoms with Gasteiger partial charge in [-0.25, -0.2) is 0 Å².